The normalized spacial score (nSPS) is 11.8. The van der Waals surface area contributed by atoms with Crippen molar-refractivity contribution >= 4 is 11.8 Å². The molecule has 0 bridgehead atoms. The molecule has 3 nitrogen and oxygen atoms in total. The van der Waals surface area contributed by atoms with Crippen LogP contribution in [-0.4, -0.2) is 22.4 Å². The van der Waals surface area contributed by atoms with Gasteiger partial charge >= 0.3 is 6.18 Å². The number of ether oxygens (including phenoxy) is 1. The van der Waals surface area contributed by atoms with Crippen LogP contribution in [0.5, 0.6) is 5.75 Å². The van der Waals surface area contributed by atoms with Crippen LogP contribution in [0.1, 0.15) is 19.4 Å². The maximum Gasteiger partial charge on any atom is 0.416 e. The van der Waals surface area contributed by atoms with E-state index in [0.29, 0.717) is 22.5 Å². The molecule has 0 spiro atoms. The summed E-state index contributed by atoms with van der Waals surface area (Å²) in [5, 5.41) is 0.666. The molecule has 0 aliphatic heterocycles. The number of nitrogens with zero attached hydrogens (tertiary/aromatic N) is 2. The van der Waals surface area contributed by atoms with Gasteiger partial charge in [0.25, 0.3) is 0 Å². The van der Waals surface area contributed by atoms with Crippen LogP contribution in [-0.2, 0) is 6.18 Å². The number of aromatic nitrogens is 2. The molecule has 0 radical (unpaired) electrons. The van der Waals surface area contributed by atoms with Crippen LogP contribution in [0.25, 0.3) is 16.9 Å². The second-order valence-corrected chi connectivity index (χ2v) is 7.73. The largest absolute Gasteiger partial charge is 0.497 e. The summed E-state index contributed by atoms with van der Waals surface area (Å²) in [5.41, 5.74) is 1.33. The molecule has 0 fully saturated rings. The van der Waals surface area contributed by atoms with Crippen LogP contribution in [0.2, 0.25) is 0 Å². The summed E-state index contributed by atoms with van der Waals surface area (Å²) in [6.45, 7) is 4.18. The van der Waals surface area contributed by atoms with Gasteiger partial charge in [0.1, 0.15) is 5.75 Å². The van der Waals surface area contributed by atoms with Crippen molar-refractivity contribution in [1.82, 2.24) is 9.55 Å². The highest BCUT2D eigenvalue weighted by atomic mass is 32.2. The predicted octanol–water partition coefficient (Wildman–Crippen LogP) is 6.31. The first kappa shape index (κ1) is 20.3. The number of rotatable bonds is 6. The van der Waals surface area contributed by atoms with Gasteiger partial charge in [-0.2, -0.15) is 13.2 Å². The fourth-order valence-electron chi connectivity index (χ4n) is 2.71. The van der Waals surface area contributed by atoms with Crippen molar-refractivity contribution in [3.8, 4) is 22.7 Å². The monoisotopic (exact) mass is 406 g/mol. The van der Waals surface area contributed by atoms with Gasteiger partial charge in [0, 0.05) is 17.0 Å². The molecular formula is C21H21F3N2OS. The van der Waals surface area contributed by atoms with E-state index in [4.69, 9.17) is 4.74 Å². The molecule has 0 N–H and O–H groups in total. The highest BCUT2D eigenvalue weighted by Crippen LogP contribution is 2.34. The first-order valence-electron chi connectivity index (χ1n) is 8.82. The molecule has 7 heteroatoms. The van der Waals surface area contributed by atoms with Gasteiger partial charge < -0.3 is 4.74 Å². The van der Waals surface area contributed by atoms with Crippen LogP contribution < -0.4 is 4.74 Å². The van der Waals surface area contributed by atoms with Crippen LogP contribution >= 0.6 is 11.8 Å². The lowest BCUT2D eigenvalue weighted by Crippen LogP contribution is -2.07. The van der Waals surface area contributed by atoms with Gasteiger partial charge in [-0.05, 0) is 48.4 Å². The van der Waals surface area contributed by atoms with Crippen molar-refractivity contribution in [3.05, 3.63) is 60.3 Å². The van der Waals surface area contributed by atoms with Crippen molar-refractivity contribution < 1.29 is 17.9 Å². The lowest BCUT2D eigenvalue weighted by atomic mass is 10.1. The van der Waals surface area contributed by atoms with Gasteiger partial charge in [-0.1, -0.05) is 31.7 Å². The average Bonchev–Trinajstić information content (AvgIpc) is 3.10. The molecule has 0 amide bonds. The highest BCUT2D eigenvalue weighted by Gasteiger charge is 2.31. The number of thioether (sulfide) groups is 1. The van der Waals surface area contributed by atoms with Crippen LogP contribution in [0.15, 0.2) is 59.9 Å². The highest BCUT2D eigenvalue weighted by molar-refractivity contribution is 7.99. The van der Waals surface area contributed by atoms with Crippen molar-refractivity contribution in [2.75, 3.05) is 12.9 Å². The zero-order chi connectivity index (χ0) is 20.3. The van der Waals surface area contributed by atoms with Crippen molar-refractivity contribution in [2.24, 2.45) is 5.92 Å². The third kappa shape index (κ3) is 4.52. The summed E-state index contributed by atoms with van der Waals surface area (Å²) in [6.07, 6.45) is -2.70. The Hall–Kier alpha value is -2.41. The molecule has 0 aliphatic rings. The van der Waals surface area contributed by atoms with E-state index < -0.39 is 11.7 Å². The molecule has 0 aliphatic carbocycles. The molecule has 0 saturated carbocycles. The van der Waals surface area contributed by atoms with E-state index in [9.17, 15) is 13.2 Å². The SMILES string of the molecule is COc1ccc(-c2cnc(SCC(C)C)n2-c2cccc(C(F)(F)F)c2)cc1. The number of hydrogen-bond donors (Lipinski definition) is 0. The molecule has 3 rings (SSSR count). The van der Waals surface area contributed by atoms with E-state index in [-0.39, 0.29) is 0 Å². The Balaban J connectivity index is 2.11. The third-order valence-corrected chi connectivity index (χ3v) is 5.47. The maximum atomic E-state index is 13.2. The molecule has 0 unspecified atom stereocenters. The number of alkyl halides is 3. The van der Waals surface area contributed by atoms with E-state index in [1.165, 1.54) is 17.8 Å². The third-order valence-electron chi connectivity index (χ3n) is 4.09. The number of methoxy groups -OCH3 is 1. The summed E-state index contributed by atoms with van der Waals surface area (Å²) < 4.78 is 46.7. The summed E-state index contributed by atoms with van der Waals surface area (Å²) in [6, 6.07) is 12.7. The van der Waals surface area contributed by atoms with E-state index in [0.717, 1.165) is 29.1 Å². The van der Waals surface area contributed by atoms with E-state index in [1.807, 2.05) is 24.3 Å². The number of benzene rings is 2. The minimum Gasteiger partial charge on any atom is -0.497 e. The van der Waals surface area contributed by atoms with Gasteiger partial charge in [0.2, 0.25) is 0 Å². The zero-order valence-electron chi connectivity index (χ0n) is 15.8. The van der Waals surface area contributed by atoms with E-state index in [1.54, 1.807) is 23.9 Å². The summed E-state index contributed by atoms with van der Waals surface area (Å²) >= 11 is 1.53. The van der Waals surface area contributed by atoms with Crippen molar-refractivity contribution in [3.63, 3.8) is 0 Å². The Kier molecular flexibility index (Phi) is 6.03. The van der Waals surface area contributed by atoms with Gasteiger partial charge in [-0.25, -0.2) is 4.98 Å². The van der Waals surface area contributed by atoms with Gasteiger partial charge in [-0.15, -0.1) is 0 Å². The van der Waals surface area contributed by atoms with Crippen LogP contribution in [0.4, 0.5) is 13.2 Å². The van der Waals surface area contributed by atoms with Gasteiger partial charge in [0.05, 0.1) is 24.6 Å². The van der Waals surface area contributed by atoms with Gasteiger partial charge in [0.15, 0.2) is 5.16 Å². The first-order valence-corrected chi connectivity index (χ1v) is 9.80. The van der Waals surface area contributed by atoms with E-state index in [2.05, 4.69) is 18.8 Å². The molecule has 1 heterocycles. The smallest absolute Gasteiger partial charge is 0.416 e. The van der Waals surface area contributed by atoms with Crippen molar-refractivity contribution in [2.45, 2.75) is 25.2 Å². The molecule has 1 aromatic heterocycles. The molecular weight excluding hydrogens is 385 g/mol. The Labute approximate surface area is 166 Å². The second kappa shape index (κ2) is 8.31. The fourth-order valence-corrected chi connectivity index (χ4v) is 3.66. The Bertz CT molecular complexity index is 934. The Morgan fingerprint density at radius 2 is 1.82 bits per heavy atom. The summed E-state index contributed by atoms with van der Waals surface area (Å²) in [4.78, 5) is 4.49. The lowest BCUT2D eigenvalue weighted by molar-refractivity contribution is -0.137. The maximum absolute atomic E-state index is 13.2. The van der Waals surface area contributed by atoms with Crippen molar-refractivity contribution in [1.29, 1.82) is 0 Å². The molecule has 0 saturated heterocycles. The predicted molar refractivity (Wildman–Crippen MR) is 106 cm³/mol. The number of halogens is 3. The molecule has 0 atom stereocenters. The van der Waals surface area contributed by atoms with Gasteiger partial charge in [-0.3, -0.25) is 4.57 Å². The quantitative estimate of drug-likeness (QED) is 0.449. The standard InChI is InChI=1S/C21H21F3N2OS/c1-14(2)13-28-20-25-12-19(15-7-9-18(27-3)10-8-15)26(20)17-6-4-5-16(11-17)21(22,23)24/h4-12,14H,13H2,1-3H3. The second-order valence-electron chi connectivity index (χ2n) is 6.74. The number of imidazole rings is 1. The van der Waals surface area contributed by atoms with E-state index >= 15 is 0 Å². The van der Waals surface area contributed by atoms with Crippen LogP contribution in [0.3, 0.4) is 0 Å². The Morgan fingerprint density at radius 1 is 1.11 bits per heavy atom. The van der Waals surface area contributed by atoms with Crippen LogP contribution in [0, 0.1) is 5.92 Å². The average molecular weight is 406 g/mol. The minimum absolute atomic E-state index is 0.432. The summed E-state index contributed by atoms with van der Waals surface area (Å²) in [7, 11) is 1.59. The number of hydrogen-bond acceptors (Lipinski definition) is 3. The molecule has 148 valence electrons. The topological polar surface area (TPSA) is 27.1 Å². The lowest BCUT2D eigenvalue weighted by Gasteiger charge is -2.15. The summed E-state index contributed by atoms with van der Waals surface area (Å²) in [5.74, 6) is 1.96. The first-order chi connectivity index (χ1) is 13.3. The Morgan fingerprint density at radius 3 is 2.43 bits per heavy atom. The minimum atomic E-state index is -4.40. The fraction of sp³-hybridized carbons (Fsp3) is 0.286. The molecule has 3 aromatic rings. The molecule has 28 heavy (non-hydrogen) atoms. The zero-order valence-corrected chi connectivity index (χ0v) is 16.6. The molecule has 2 aromatic carbocycles.